The molecule has 0 unspecified atom stereocenters. The molecule has 0 aliphatic heterocycles. The molecule has 2 aromatic carbocycles. The molecule has 0 N–H and O–H groups in total. The van der Waals surface area contributed by atoms with Crippen molar-refractivity contribution in [3.8, 4) is 0 Å². The monoisotopic (exact) mass is 317 g/mol. The summed E-state index contributed by atoms with van der Waals surface area (Å²) in [6.07, 6.45) is 1.53. The van der Waals surface area contributed by atoms with Crippen molar-refractivity contribution in [2.45, 2.75) is 18.7 Å². The van der Waals surface area contributed by atoms with E-state index < -0.39 is 14.8 Å². The Morgan fingerprint density at radius 1 is 1.05 bits per heavy atom. The highest BCUT2D eigenvalue weighted by atomic mass is 32.2. The molecule has 0 aliphatic rings. The van der Waals surface area contributed by atoms with Gasteiger partial charge in [0.2, 0.25) is 0 Å². The highest BCUT2D eigenvalue weighted by molar-refractivity contribution is 7.94. The van der Waals surface area contributed by atoms with Gasteiger partial charge in [0, 0.05) is 17.5 Å². The zero-order valence-electron chi connectivity index (χ0n) is 12.2. The van der Waals surface area contributed by atoms with E-state index in [4.69, 9.17) is 0 Å². The van der Waals surface area contributed by atoms with Crippen LogP contribution < -0.4 is 0 Å². The van der Waals surface area contributed by atoms with Crippen LogP contribution in [-0.2, 0) is 9.84 Å². The van der Waals surface area contributed by atoms with Crippen LogP contribution in [0.25, 0.3) is 6.08 Å². The summed E-state index contributed by atoms with van der Waals surface area (Å²) in [5.41, 5.74) is 2.76. The van der Waals surface area contributed by atoms with Crippen molar-refractivity contribution in [3.63, 3.8) is 0 Å². The summed E-state index contributed by atoms with van der Waals surface area (Å²) in [4.78, 5) is 10.0. The smallest absolute Gasteiger partial charge is 0.258 e. The molecule has 0 aliphatic carbocycles. The molecule has 0 amide bonds. The molecule has 6 heteroatoms. The summed E-state index contributed by atoms with van der Waals surface area (Å²) in [6, 6.07) is 10.6. The number of benzene rings is 2. The molecule has 2 aromatic rings. The second-order valence-electron chi connectivity index (χ2n) is 4.96. The number of sulfone groups is 1. The van der Waals surface area contributed by atoms with Crippen molar-refractivity contribution >= 4 is 21.6 Å². The van der Waals surface area contributed by atoms with Gasteiger partial charge in [-0.05, 0) is 43.2 Å². The van der Waals surface area contributed by atoms with Crippen molar-refractivity contribution in [1.29, 1.82) is 0 Å². The third-order valence-corrected chi connectivity index (χ3v) is 4.65. The first kappa shape index (κ1) is 15.9. The van der Waals surface area contributed by atoms with Gasteiger partial charge >= 0.3 is 0 Å². The van der Waals surface area contributed by atoms with Crippen LogP contribution >= 0.6 is 0 Å². The topological polar surface area (TPSA) is 77.3 Å². The fraction of sp³-hybridized carbons (Fsp3) is 0.125. The van der Waals surface area contributed by atoms with Gasteiger partial charge in [-0.25, -0.2) is 8.42 Å². The zero-order valence-corrected chi connectivity index (χ0v) is 13.0. The highest BCUT2D eigenvalue weighted by Gasteiger charge is 2.13. The summed E-state index contributed by atoms with van der Waals surface area (Å²) < 4.78 is 24.4. The van der Waals surface area contributed by atoms with Gasteiger partial charge in [-0.15, -0.1) is 0 Å². The number of nitro groups is 1. The number of aryl methyl sites for hydroxylation is 2. The lowest BCUT2D eigenvalue weighted by Crippen LogP contribution is -1.97. The molecule has 114 valence electrons. The third-order valence-electron chi connectivity index (χ3n) is 3.23. The SMILES string of the molecule is Cc1ccc(/C=C/S(=O)(=O)c2ccc([N+](=O)[O-])cc2)c(C)c1. The second-order valence-corrected chi connectivity index (χ2v) is 6.79. The Labute approximate surface area is 129 Å². The molecule has 0 atom stereocenters. The van der Waals surface area contributed by atoms with Crippen molar-refractivity contribution in [3.05, 3.63) is 74.7 Å². The van der Waals surface area contributed by atoms with Crippen LogP contribution in [0, 0.1) is 24.0 Å². The first-order chi connectivity index (χ1) is 10.3. The molecule has 0 saturated heterocycles. The number of hydrogen-bond donors (Lipinski definition) is 0. The van der Waals surface area contributed by atoms with Gasteiger partial charge in [-0.2, -0.15) is 0 Å². The zero-order chi connectivity index (χ0) is 16.3. The van der Waals surface area contributed by atoms with Crippen molar-refractivity contribution < 1.29 is 13.3 Å². The number of rotatable bonds is 4. The van der Waals surface area contributed by atoms with Crippen molar-refractivity contribution in [2.75, 3.05) is 0 Å². The molecule has 2 rings (SSSR count). The molecule has 0 heterocycles. The molecule has 0 saturated carbocycles. The molecule has 0 bridgehead atoms. The molecule has 0 spiro atoms. The van der Waals surface area contributed by atoms with E-state index >= 15 is 0 Å². The van der Waals surface area contributed by atoms with E-state index in [1.54, 1.807) is 0 Å². The first-order valence-corrected chi connectivity index (χ1v) is 8.09. The Morgan fingerprint density at radius 2 is 1.68 bits per heavy atom. The Morgan fingerprint density at radius 3 is 2.23 bits per heavy atom. The largest absolute Gasteiger partial charge is 0.269 e. The van der Waals surface area contributed by atoms with Gasteiger partial charge < -0.3 is 0 Å². The summed E-state index contributed by atoms with van der Waals surface area (Å²) in [5, 5.41) is 11.7. The molecular weight excluding hydrogens is 302 g/mol. The van der Waals surface area contributed by atoms with Gasteiger partial charge in [0.15, 0.2) is 9.84 Å². The maximum absolute atomic E-state index is 12.2. The van der Waals surface area contributed by atoms with Crippen molar-refractivity contribution in [2.24, 2.45) is 0 Å². The lowest BCUT2D eigenvalue weighted by Gasteiger charge is -2.02. The van der Waals surface area contributed by atoms with E-state index in [2.05, 4.69) is 0 Å². The summed E-state index contributed by atoms with van der Waals surface area (Å²) in [5.74, 6) is 0. The summed E-state index contributed by atoms with van der Waals surface area (Å²) in [7, 11) is -3.63. The minimum Gasteiger partial charge on any atom is -0.258 e. The van der Waals surface area contributed by atoms with Gasteiger partial charge in [0.25, 0.3) is 5.69 Å². The van der Waals surface area contributed by atoms with E-state index in [0.717, 1.165) is 22.1 Å². The predicted molar refractivity (Wildman–Crippen MR) is 85.2 cm³/mol. The van der Waals surface area contributed by atoms with Gasteiger partial charge in [-0.1, -0.05) is 23.8 Å². The second kappa shape index (κ2) is 6.11. The normalized spacial score (nSPS) is 11.7. The third kappa shape index (κ3) is 3.59. The van der Waals surface area contributed by atoms with E-state index in [1.807, 2.05) is 32.0 Å². The Bertz CT molecular complexity index is 837. The fourth-order valence-electron chi connectivity index (χ4n) is 2.01. The maximum Gasteiger partial charge on any atom is 0.269 e. The average molecular weight is 317 g/mol. The van der Waals surface area contributed by atoms with Gasteiger partial charge in [0.1, 0.15) is 0 Å². The summed E-state index contributed by atoms with van der Waals surface area (Å²) >= 11 is 0. The van der Waals surface area contributed by atoms with E-state index in [-0.39, 0.29) is 10.6 Å². The van der Waals surface area contributed by atoms with Crippen LogP contribution in [0.15, 0.2) is 52.8 Å². The summed E-state index contributed by atoms with van der Waals surface area (Å²) in [6.45, 7) is 3.87. The van der Waals surface area contributed by atoms with E-state index in [0.29, 0.717) is 0 Å². The van der Waals surface area contributed by atoms with Gasteiger partial charge in [-0.3, -0.25) is 10.1 Å². The van der Waals surface area contributed by atoms with Gasteiger partial charge in [0.05, 0.1) is 9.82 Å². The first-order valence-electron chi connectivity index (χ1n) is 6.54. The Kier molecular flexibility index (Phi) is 4.42. The van der Waals surface area contributed by atoms with Crippen LogP contribution in [0.4, 0.5) is 5.69 Å². The predicted octanol–water partition coefficient (Wildman–Crippen LogP) is 3.66. The lowest BCUT2D eigenvalue weighted by atomic mass is 10.1. The average Bonchev–Trinajstić information content (AvgIpc) is 2.46. The minimum atomic E-state index is -3.63. The van der Waals surface area contributed by atoms with E-state index in [1.165, 1.54) is 30.3 Å². The minimum absolute atomic E-state index is 0.0270. The number of nitro benzene ring substituents is 1. The number of nitrogens with zero attached hydrogens (tertiary/aromatic N) is 1. The molecule has 22 heavy (non-hydrogen) atoms. The molecule has 0 aromatic heterocycles. The molecular formula is C16H15NO4S. The number of non-ortho nitro benzene ring substituents is 1. The Hall–Kier alpha value is -2.47. The fourth-order valence-corrected chi connectivity index (χ4v) is 3.01. The Balaban J connectivity index is 2.30. The lowest BCUT2D eigenvalue weighted by molar-refractivity contribution is -0.384. The quantitative estimate of drug-likeness (QED) is 0.637. The molecule has 0 fully saturated rings. The van der Waals surface area contributed by atoms with Crippen LogP contribution in [0.1, 0.15) is 16.7 Å². The standard InChI is InChI=1S/C16H15NO4S/c1-12-3-4-14(13(2)11-12)9-10-22(20,21)16-7-5-15(6-8-16)17(18)19/h3-11H,1-2H3/b10-9+. The maximum atomic E-state index is 12.2. The van der Waals surface area contributed by atoms with Crippen LogP contribution in [-0.4, -0.2) is 13.3 Å². The molecule has 5 nitrogen and oxygen atoms in total. The van der Waals surface area contributed by atoms with E-state index in [9.17, 15) is 18.5 Å². The van der Waals surface area contributed by atoms with Crippen LogP contribution in [0.2, 0.25) is 0 Å². The molecule has 0 radical (unpaired) electrons. The van der Waals surface area contributed by atoms with Crippen LogP contribution in [0.3, 0.4) is 0 Å². The highest BCUT2D eigenvalue weighted by Crippen LogP contribution is 2.19. The van der Waals surface area contributed by atoms with Crippen molar-refractivity contribution in [1.82, 2.24) is 0 Å². The van der Waals surface area contributed by atoms with Crippen LogP contribution in [0.5, 0.6) is 0 Å². The number of hydrogen-bond acceptors (Lipinski definition) is 4.